The topological polar surface area (TPSA) is 84.3 Å². The molecule has 0 radical (unpaired) electrons. The Morgan fingerprint density at radius 1 is 0.941 bits per heavy atom. The van der Waals surface area contributed by atoms with Gasteiger partial charge in [-0.1, -0.05) is 31.2 Å². The fourth-order valence-electron chi connectivity index (χ4n) is 3.82. The van der Waals surface area contributed by atoms with Crippen molar-refractivity contribution in [1.82, 2.24) is 19.2 Å². The Kier molecular flexibility index (Phi) is 6.81. The second-order valence-electron chi connectivity index (χ2n) is 8.33. The summed E-state index contributed by atoms with van der Waals surface area (Å²) in [5.74, 6) is -0.221. The number of sulfonamides is 1. The van der Waals surface area contributed by atoms with Crippen molar-refractivity contribution in [3.8, 4) is 0 Å². The maximum absolute atomic E-state index is 13.2. The molecule has 176 valence electrons. The lowest BCUT2D eigenvalue weighted by atomic mass is 10.1. The largest absolute Gasteiger partial charge is 0.347 e. The first kappa shape index (κ1) is 23.7. The van der Waals surface area contributed by atoms with Crippen LogP contribution in [-0.2, 0) is 29.5 Å². The Bertz CT molecular complexity index is 1410. The summed E-state index contributed by atoms with van der Waals surface area (Å²) in [4.78, 5) is 17.5. The van der Waals surface area contributed by atoms with Crippen molar-refractivity contribution in [2.45, 2.75) is 31.3 Å². The van der Waals surface area contributed by atoms with E-state index in [1.165, 1.54) is 24.0 Å². The number of aromatic nitrogens is 2. The molecule has 0 spiro atoms. The van der Waals surface area contributed by atoms with Gasteiger partial charge in [0.15, 0.2) is 0 Å². The van der Waals surface area contributed by atoms with E-state index < -0.39 is 10.0 Å². The number of fused-ring (bicyclic) bond motifs is 1. The molecule has 8 heteroatoms. The monoisotopic (exact) mass is 476 g/mol. The van der Waals surface area contributed by atoms with Gasteiger partial charge in [-0.15, -0.1) is 0 Å². The van der Waals surface area contributed by atoms with Gasteiger partial charge in [-0.2, -0.15) is 0 Å². The fraction of sp³-hybridized carbons (Fsp3) is 0.231. The quantitative estimate of drug-likeness (QED) is 0.419. The first-order valence-corrected chi connectivity index (χ1v) is 12.5. The minimum atomic E-state index is -3.59. The zero-order chi connectivity index (χ0) is 24.3. The van der Waals surface area contributed by atoms with E-state index in [2.05, 4.69) is 29.4 Å². The third-order valence-corrected chi connectivity index (χ3v) is 7.67. The molecule has 1 amide bonds. The third kappa shape index (κ3) is 4.88. The molecule has 0 aliphatic carbocycles. The van der Waals surface area contributed by atoms with Gasteiger partial charge in [0.1, 0.15) is 5.69 Å². The van der Waals surface area contributed by atoms with Crippen molar-refractivity contribution in [1.29, 1.82) is 0 Å². The van der Waals surface area contributed by atoms with Gasteiger partial charge in [0.25, 0.3) is 5.91 Å². The number of rotatable bonds is 8. The van der Waals surface area contributed by atoms with E-state index in [1.54, 1.807) is 36.7 Å². The number of carbonyl (C=O) groups is 1. The Morgan fingerprint density at radius 2 is 1.62 bits per heavy atom. The summed E-state index contributed by atoms with van der Waals surface area (Å²) in [5.41, 5.74) is 4.50. The highest BCUT2D eigenvalue weighted by Crippen LogP contribution is 2.26. The Balaban J connectivity index is 1.70. The van der Waals surface area contributed by atoms with Crippen molar-refractivity contribution in [2.24, 2.45) is 0 Å². The second-order valence-corrected chi connectivity index (χ2v) is 10.5. The predicted octanol–water partition coefficient (Wildman–Crippen LogP) is 3.83. The molecule has 0 saturated heterocycles. The average Bonchev–Trinajstić information content (AvgIpc) is 3.21. The van der Waals surface area contributed by atoms with E-state index in [9.17, 15) is 13.2 Å². The van der Waals surface area contributed by atoms with E-state index >= 15 is 0 Å². The van der Waals surface area contributed by atoms with Crippen LogP contribution in [0.2, 0.25) is 0 Å². The second kappa shape index (κ2) is 9.79. The molecule has 2 aromatic carbocycles. The van der Waals surface area contributed by atoms with Crippen LogP contribution in [0.15, 0.2) is 78.0 Å². The van der Waals surface area contributed by atoms with Crippen LogP contribution in [-0.4, -0.2) is 42.3 Å². The molecule has 0 bridgehead atoms. The Hall–Kier alpha value is -3.49. The zero-order valence-corrected chi connectivity index (χ0v) is 20.3. The van der Waals surface area contributed by atoms with Crippen LogP contribution in [0.3, 0.4) is 0 Å². The lowest BCUT2D eigenvalue weighted by molar-refractivity contribution is 0.0942. The maximum atomic E-state index is 13.2. The molecule has 7 nitrogen and oxygen atoms in total. The molecule has 0 fully saturated rings. The zero-order valence-electron chi connectivity index (χ0n) is 19.5. The van der Waals surface area contributed by atoms with E-state index in [4.69, 9.17) is 0 Å². The Morgan fingerprint density at radius 3 is 2.26 bits per heavy atom. The molecule has 0 unspecified atom stereocenters. The summed E-state index contributed by atoms with van der Waals surface area (Å²) in [6.07, 6.45) is 4.39. The van der Waals surface area contributed by atoms with Crippen molar-refractivity contribution >= 4 is 26.8 Å². The summed E-state index contributed by atoms with van der Waals surface area (Å²) >= 11 is 0. The molecule has 1 N–H and O–H groups in total. The number of aryl methyl sites for hydroxylation is 1. The van der Waals surface area contributed by atoms with Crippen LogP contribution in [0.4, 0.5) is 0 Å². The summed E-state index contributed by atoms with van der Waals surface area (Å²) in [6, 6.07) is 18.7. The maximum Gasteiger partial charge on any atom is 0.268 e. The number of hydrogen-bond acceptors (Lipinski definition) is 4. The number of nitrogens with one attached hydrogen (secondary N) is 1. The highest BCUT2D eigenvalue weighted by molar-refractivity contribution is 7.89. The standard InChI is InChI=1S/C26H28N4O3S/c1-4-19-5-7-20(8-6-19)17-28-26(31)25-16-22-15-23(34(32,33)29(2)3)9-10-24(22)30(25)18-21-11-13-27-14-12-21/h5-16H,4,17-18H2,1-3H3,(H,28,31). The predicted molar refractivity (Wildman–Crippen MR) is 133 cm³/mol. The molecule has 0 aliphatic rings. The smallest absolute Gasteiger partial charge is 0.268 e. The molecule has 4 aromatic rings. The molecule has 2 aromatic heterocycles. The van der Waals surface area contributed by atoms with E-state index in [0.717, 1.165) is 23.1 Å². The lowest BCUT2D eigenvalue weighted by Crippen LogP contribution is -2.25. The van der Waals surface area contributed by atoms with E-state index in [-0.39, 0.29) is 10.8 Å². The van der Waals surface area contributed by atoms with E-state index in [1.807, 2.05) is 28.8 Å². The van der Waals surface area contributed by atoms with Crippen molar-refractivity contribution in [3.63, 3.8) is 0 Å². The molecular formula is C26H28N4O3S. The summed E-state index contributed by atoms with van der Waals surface area (Å²) in [6.45, 7) is 2.97. The fourth-order valence-corrected chi connectivity index (χ4v) is 4.75. The van der Waals surface area contributed by atoms with Crippen LogP contribution in [0, 0.1) is 0 Å². The molecule has 0 aliphatic heterocycles. The number of amides is 1. The minimum absolute atomic E-state index is 0.189. The van der Waals surface area contributed by atoms with Crippen LogP contribution in [0.1, 0.15) is 34.1 Å². The lowest BCUT2D eigenvalue weighted by Gasteiger charge is -2.13. The number of hydrogen-bond donors (Lipinski definition) is 1. The molecular weight excluding hydrogens is 448 g/mol. The van der Waals surface area contributed by atoms with Crippen LogP contribution in [0.25, 0.3) is 10.9 Å². The van der Waals surface area contributed by atoms with Crippen LogP contribution < -0.4 is 5.32 Å². The summed E-state index contributed by atoms with van der Waals surface area (Å²) in [5, 5.41) is 3.69. The highest BCUT2D eigenvalue weighted by atomic mass is 32.2. The van der Waals surface area contributed by atoms with Gasteiger partial charge < -0.3 is 9.88 Å². The average molecular weight is 477 g/mol. The highest BCUT2D eigenvalue weighted by Gasteiger charge is 2.21. The van der Waals surface area contributed by atoms with Crippen molar-refractivity contribution in [3.05, 3.63) is 95.4 Å². The number of pyridine rings is 1. The van der Waals surface area contributed by atoms with Crippen LogP contribution >= 0.6 is 0 Å². The molecule has 0 atom stereocenters. The van der Waals surface area contributed by atoms with E-state index in [0.29, 0.717) is 24.2 Å². The van der Waals surface area contributed by atoms with Gasteiger partial charge in [0, 0.05) is 50.5 Å². The first-order valence-electron chi connectivity index (χ1n) is 11.1. The van der Waals surface area contributed by atoms with Crippen molar-refractivity contribution in [2.75, 3.05) is 14.1 Å². The molecule has 2 heterocycles. The van der Waals surface area contributed by atoms with Crippen molar-refractivity contribution < 1.29 is 13.2 Å². The Labute approximate surface area is 200 Å². The summed E-state index contributed by atoms with van der Waals surface area (Å²) in [7, 11) is -0.588. The van der Waals surface area contributed by atoms with Gasteiger partial charge in [-0.3, -0.25) is 9.78 Å². The molecule has 4 rings (SSSR count). The normalized spacial score (nSPS) is 11.8. The SMILES string of the molecule is CCc1ccc(CNC(=O)c2cc3cc(S(=O)(=O)N(C)C)ccc3n2Cc2ccncc2)cc1. The van der Waals surface area contributed by atoms with Gasteiger partial charge >= 0.3 is 0 Å². The van der Waals surface area contributed by atoms with Gasteiger partial charge in [0.2, 0.25) is 10.0 Å². The number of benzene rings is 2. The third-order valence-electron chi connectivity index (χ3n) is 5.86. The van der Waals surface area contributed by atoms with Gasteiger partial charge in [-0.25, -0.2) is 12.7 Å². The number of carbonyl (C=O) groups excluding carboxylic acids is 1. The first-order chi connectivity index (χ1) is 16.3. The molecule has 34 heavy (non-hydrogen) atoms. The number of nitrogens with zero attached hydrogens (tertiary/aromatic N) is 3. The summed E-state index contributed by atoms with van der Waals surface area (Å²) < 4.78 is 28.3. The van der Waals surface area contributed by atoms with Gasteiger partial charge in [0.05, 0.1) is 4.90 Å². The minimum Gasteiger partial charge on any atom is -0.347 e. The van der Waals surface area contributed by atoms with Crippen LogP contribution in [0.5, 0.6) is 0 Å². The molecule has 0 saturated carbocycles. The van der Waals surface area contributed by atoms with Gasteiger partial charge in [-0.05, 0) is 59.5 Å².